The van der Waals surface area contributed by atoms with Gasteiger partial charge in [-0.15, -0.1) is 0 Å². The molecule has 4 aromatic rings. The molecule has 1 saturated heterocycles. The smallest absolute Gasteiger partial charge is 0.208 e. The quantitative estimate of drug-likeness (QED) is 0.0550. The molecule has 1 atom stereocenters. The Balaban J connectivity index is 0.000000397. The fourth-order valence-corrected chi connectivity index (χ4v) is 9.01. The fraction of sp³-hybridized carbons (Fsp3) is 0.455. The van der Waals surface area contributed by atoms with Crippen LogP contribution in [0.4, 0.5) is 11.4 Å². The van der Waals surface area contributed by atoms with Crippen molar-refractivity contribution < 1.29 is 69.8 Å². The molecule has 1 aliphatic rings. The number of aromatic nitrogens is 2. The summed E-state index contributed by atoms with van der Waals surface area (Å²) >= 11 is -1.89. The second-order valence-electron chi connectivity index (χ2n) is 14.5. The number of nitrogens with zero attached hydrogens (tertiary/aromatic N) is 4. The van der Waals surface area contributed by atoms with Crippen molar-refractivity contribution in [2.24, 2.45) is 0 Å². The van der Waals surface area contributed by atoms with E-state index in [9.17, 15) is 4.79 Å². The summed E-state index contributed by atoms with van der Waals surface area (Å²) in [6, 6.07) is 16.8. The van der Waals surface area contributed by atoms with E-state index >= 15 is 0 Å². The van der Waals surface area contributed by atoms with Crippen LogP contribution in [0.5, 0.6) is 5.75 Å². The molecule has 2 heterocycles. The molecule has 1 unspecified atom stereocenters. The first kappa shape index (κ1) is 51.1. The zero-order chi connectivity index (χ0) is 39.7. The van der Waals surface area contributed by atoms with Crippen LogP contribution in [0.1, 0.15) is 78.0 Å². The topological polar surface area (TPSA) is 62.9 Å². The van der Waals surface area contributed by atoms with E-state index < -0.39 is 13.5 Å². The van der Waals surface area contributed by atoms with E-state index in [0.29, 0.717) is 13.2 Å². The molecule has 1 aliphatic heterocycles. The van der Waals surface area contributed by atoms with Gasteiger partial charge in [0, 0.05) is 57.9 Å². The van der Waals surface area contributed by atoms with Gasteiger partial charge in [0.2, 0.25) is 19.4 Å². The van der Waals surface area contributed by atoms with Crippen LogP contribution in [0.25, 0.3) is 0 Å². The average Bonchev–Trinajstić information content (AvgIpc) is 3.78. The number of unbranched alkanes of at least 4 members (excludes halogenated alkanes) is 3. The van der Waals surface area contributed by atoms with Crippen molar-refractivity contribution in [3.8, 4) is 5.75 Å². The molecule has 1 fully saturated rings. The second kappa shape index (κ2) is 26.9. The number of para-hydroxylation sites is 1. The summed E-state index contributed by atoms with van der Waals surface area (Å²) in [5.74, 6) is 0.799. The standard InChI is InChI=1S/C23H33N3O3.C21H26N2.BrH.2ClH.Pd.Ru/c1-21-10-5-6-11-23(21)29-22(2)18-28-17-8-4-3-7-13-25-15-16-26(20-25)14-9-12-24-19-27;1-14-9-16(3)20(17(4)10-14)22-7-8-23(13-22)21-18(5)11-15(2)12-19(21)6;;;;;/h1,5-6,10-11,15-16,19-20,22H,3-4,7-9,12-14,17-18H2,2H3;9-12H,7-8H2,1-6H3;3*1H;;/q;;;;;;+2/p-2. The van der Waals surface area contributed by atoms with Gasteiger partial charge in [-0.1, -0.05) is 35.4 Å². The number of nitrogens with one attached hydrogen (secondary N) is 1. The van der Waals surface area contributed by atoms with Crippen LogP contribution < -0.4 is 41.4 Å². The number of carbonyl (C=O) groups excluding carboxylic acids is 1. The minimum absolute atomic E-state index is 0. The van der Waals surface area contributed by atoms with Gasteiger partial charge >= 0.3 is 134 Å². The third-order valence-electron chi connectivity index (χ3n) is 9.41. The fourth-order valence-electron chi connectivity index (χ4n) is 7.20. The zero-order valence-electron chi connectivity index (χ0n) is 34.4. The Morgan fingerprint density at radius 1 is 0.877 bits per heavy atom. The summed E-state index contributed by atoms with van der Waals surface area (Å²) < 4.78 is 18.1. The van der Waals surface area contributed by atoms with Gasteiger partial charge in [-0.25, -0.2) is 9.13 Å². The number of anilines is 2. The van der Waals surface area contributed by atoms with E-state index in [0.717, 1.165) is 76.2 Å². The zero-order valence-corrected chi connectivity index (χ0v) is 40.8. The molecule has 13 heteroatoms. The molecule has 8 nitrogen and oxygen atoms in total. The van der Waals surface area contributed by atoms with Gasteiger partial charge in [0.1, 0.15) is 12.4 Å². The Morgan fingerprint density at radius 2 is 1.46 bits per heavy atom. The maximum absolute atomic E-state index is 10.2. The summed E-state index contributed by atoms with van der Waals surface area (Å²) in [4.78, 5) is 14.8. The number of hydrogen-bond donors (Lipinski definition) is 1. The number of imidazole rings is 1. The predicted molar refractivity (Wildman–Crippen MR) is 225 cm³/mol. The van der Waals surface area contributed by atoms with Crippen molar-refractivity contribution >= 4 is 41.8 Å². The van der Waals surface area contributed by atoms with Gasteiger partial charge in [-0.05, 0) is 63.8 Å². The molecule has 3 aromatic carbocycles. The molecule has 1 amide bonds. The maximum Gasteiger partial charge on any atom is 0.208 e. The summed E-state index contributed by atoms with van der Waals surface area (Å²) in [7, 11) is 12.0. The van der Waals surface area contributed by atoms with Crippen LogP contribution >= 0.6 is 19.4 Å². The van der Waals surface area contributed by atoms with E-state index in [4.69, 9.17) is 28.9 Å². The molecular formula is C44H60BrCl2N5O3PdRu. The van der Waals surface area contributed by atoms with Gasteiger partial charge in [0.05, 0.1) is 13.1 Å². The summed E-state index contributed by atoms with van der Waals surface area (Å²) in [6.45, 7) is 24.6. The molecule has 0 saturated carbocycles. The molecule has 5 rings (SSSR count). The number of carbonyl (C=O) groups is 1. The van der Waals surface area contributed by atoms with Crippen LogP contribution in [-0.2, 0) is 56.6 Å². The number of aryl methyl sites for hydroxylation is 8. The van der Waals surface area contributed by atoms with E-state index in [-0.39, 0.29) is 43.5 Å². The monoisotopic (exact) mass is 1060 g/mol. The first-order valence-corrected chi connectivity index (χ1v) is 24.8. The van der Waals surface area contributed by atoms with Crippen molar-refractivity contribution in [1.82, 2.24) is 9.88 Å². The predicted octanol–water partition coefficient (Wildman–Crippen LogP) is 5.89. The minimum atomic E-state index is -1.89. The number of halogens is 3. The number of benzene rings is 3. The van der Waals surface area contributed by atoms with E-state index in [2.05, 4.69) is 115 Å². The summed E-state index contributed by atoms with van der Waals surface area (Å²) in [6.07, 6.45) is 12.5. The average molecular weight is 1070 g/mol. The van der Waals surface area contributed by atoms with E-state index in [1.165, 1.54) is 51.2 Å². The van der Waals surface area contributed by atoms with Crippen molar-refractivity contribution in [3.05, 3.63) is 113 Å². The Labute approximate surface area is 379 Å². The number of hydrogen-bond acceptors (Lipinski definition) is 5. The third kappa shape index (κ3) is 17.2. The minimum Gasteiger partial charge on any atom is -1.00 e. The summed E-state index contributed by atoms with van der Waals surface area (Å²) in [5, 5.41) is 2.69. The SMILES string of the molecule is CC(COCCCCCCn1cc[n+](CCCNC=O)c1)Oc1ccccc1[CH]=[Ru]([Cl])[Cl].Cc1cc(C)c(N2[C]N(c3c(C)cc(C)cc3C)CC2)c(C)c1.[Br-].[Pd]. The molecular weight excluding hydrogens is 1000 g/mol. The van der Waals surface area contributed by atoms with Gasteiger partial charge in [0.15, 0.2) is 0 Å². The molecule has 1 N–H and O–H groups in total. The number of amides is 1. The molecule has 318 valence electrons. The molecule has 57 heavy (non-hydrogen) atoms. The first-order valence-electron chi connectivity index (χ1n) is 19.3. The van der Waals surface area contributed by atoms with Gasteiger partial charge < -0.3 is 32.1 Å². The maximum atomic E-state index is 10.2. The van der Waals surface area contributed by atoms with Gasteiger partial charge in [-0.2, -0.15) is 0 Å². The Hall–Kier alpha value is -2.08. The Morgan fingerprint density at radius 3 is 2.04 bits per heavy atom. The van der Waals surface area contributed by atoms with Crippen molar-refractivity contribution in [3.63, 3.8) is 0 Å². The molecule has 0 spiro atoms. The second-order valence-corrected chi connectivity index (χ2v) is 20.2. The van der Waals surface area contributed by atoms with E-state index in [1.807, 2.05) is 35.8 Å². The van der Waals surface area contributed by atoms with Crippen LogP contribution in [0.15, 0.2) is 67.3 Å². The normalized spacial score (nSPS) is 12.8. The van der Waals surface area contributed by atoms with Gasteiger partial charge in [-0.3, -0.25) is 4.79 Å². The third-order valence-corrected chi connectivity index (χ3v) is 11.2. The Bertz CT molecular complexity index is 1750. The molecule has 2 radical (unpaired) electrons. The molecule has 0 bridgehead atoms. The van der Waals surface area contributed by atoms with Crippen LogP contribution in [0, 0.1) is 48.2 Å². The number of rotatable bonds is 19. The van der Waals surface area contributed by atoms with Crippen LogP contribution in [0.3, 0.4) is 0 Å². The van der Waals surface area contributed by atoms with E-state index in [1.54, 1.807) is 0 Å². The van der Waals surface area contributed by atoms with Crippen molar-refractivity contribution in [2.45, 2.75) is 99.8 Å². The number of ether oxygens (including phenoxy) is 2. The largest absolute Gasteiger partial charge is 1.00 e. The van der Waals surface area contributed by atoms with Gasteiger partial charge in [0.25, 0.3) is 0 Å². The first-order chi connectivity index (χ1) is 26.4. The van der Waals surface area contributed by atoms with Crippen molar-refractivity contribution in [1.29, 1.82) is 0 Å². The van der Waals surface area contributed by atoms with Crippen LogP contribution in [-0.4, -0.2) is 54.5 Å². The molecule has 0 aliphatic carbocycles. The molecule has 1 aromatic heterocycles. The summed E-state index contributed by atoms with van der Waals surface area (Å²) in [5.41, 5.74) is 11.5. The van der Waals surface area contributed by atoms with Crippen LogP contribution in [0.2, 0.25) is 0 Å². The Kier molecular flexibility index (Phi) is 24.1. The van der Waals surface area contributed by atoms with Crippen molar-refractivity contribution in [2.75, 3.05) is 42.6 Å².